The lowest BCUT2D eigenvalue weighted by molar-refractivity contribution is 0.102. The number of hydrogen-bond donors (Lipinski definition) is 1. The summed E-state index contributed by atoms with van der Waals surface area (Å²) in [5.74, 6) is 0.858. The molecule has 1 amide bonds. The molecular formula is C24H18FN3O3. The summed E-state index contributed by atoms with van der Waals surface area (Å²) in [6.45, 7) is 0. The summed E-state index contributed by atoms with van der Waals surface area (Å²) in [5.41, 5.74) is 2.42. The van der Waals surface area contributed by atoms with Gasteiger partial charge < -0.3 is 14.8 Å². The van der Waals surface area contributed by atoms with Gasteiger partial charge in [0.1, 0.15) is 12.1 Å². The first-order valence-corrected chi connectivity index (χ1v) is 9.42. The summed E-state index contributed by atoms with van der Waals surface area (Å²) >= 11 is 0. The number of para-hydroxylation sites is 2. The number of ether oxygens (including phenoxy) is 2. The van der Waals surface area contributed by atoms with Crippen molar-refractivity contribution in [3.8, 4) is 28.6 Å². The number of carbonyl (C=O) groups is 1. The van der Waals surface area contributed by atoms with Gasteiger partial charge in [0, 0.05) is 22.9 Å². The van der Waals surface area contributed by atoms with Gasteiger partial charge in [-0.15, -0.1) is 0 Å². The number of hydrogen-bond acceptors (Lipinski definition) is 5. The maximum absolute atomic E-state index is 13.0. The fraction of sp³-hybridized carbons (Fsp3) is 0.0417. The summed E-state index contributed by atoms with van der Waals surface area (Å²) in [5, 5.41) is 2.73. The minimum absolute atomic E-state index is 0.291. The first-order chi connectivity index (χ1) is 15.1. The van der Waals surface area contributed by atoms with Gasteiger partial charge in [-0.25, -0.2) is 14.4 Å². The molecule has 0 fully saturated rings. The molecule has 7 heteroatoms. The summed E-state index contributed by atoms with van der Waals surface area (Å²) in [6, 6.07) is 21.5. The number of anilines is 1. The average molecular weight is 415 g/mol. The Bertz CT molecular complexity index is 1200. The molecule has 0 unspecified atom stereocenters. The van der Waals surface area contributed by atoms with E-state index >= 15 is 0 Å². The molecule has 6 nitrogen and oxygen atoms in total. The van der Waals surface area contributed by atoms with Crippen molar-refractivity contribution in [1.29, 1.82) is 0 Å². The van der Waals surface area contributed by atoms with Crippen molar-refractivity contribution in [2.45, 2.75) is 0 Å². The molecule has 0 saturated heterocycles. The van der Waals surface area contributed by atoms with E-state index in [1.807, 2.05) is 12.1 Å². The van der Waals surface area contributed by atoms with Gasteiger partial charge in [-0.1, -0.05) is 24.3 Å². The number of benzene rings is 3. The van der Waals surface area contributed by atoms with E-state index in [1.54, 1.807) is 49.6 Å². The molecule has 31 heavy (non-hydrogen) atoms. The van der Waals surface area contributed by atoms with Gasteiger partial charge in [-0.05, 0) is 48.5 Å². The van der Waals surface area contributed by atoms with E-state index in [2.05, 4.69) is 15.3 Å². The second kappa shape index (κ2) is 9.04. The lowest BCUT2D eigenvalue weighted by Gasteiger charge is -2.10. The predicted octanol–water partition coefficient (Wildman–Crippen LogP) is 5.34. The highest BCUT2D eigenvalue weighted by molar-refractivity contribution is 6.04. The van der Waals surface area contributed by atoms with Gasteiger partial charge in [0.2, 0.25) is 5.88 Å². The summed E-state index contributed by atoms with van der Waals surface area (Å²) < 4.78 is 24.1. The fourth-order valence-corrected chi connectivity index (χ4v) is 2.90. The molecule has 4 rings (SSSR count). The zero-order chi connectivity index (χ0) is 21.6. The van der Waals surface area contributed by atoms with E-state index in [4.69, 9.17) is 9.47 Å². The molecule has 0 aliphatic carbocycles. The van der Waals surface area contributed by atoms with Crippen molar-refractivity contribution in [2.24, 2.45) is 0 Å². The number of nitrogens with zero attached hydrogens (tertiary/aromatic N) is 2. The molecule has 4 aromatic rings. The van der Waals surface area contributed by atoms with Crippen LogP contribution < -0.4 is 14.8 Å². The molecule has 0 aliphatic rings. The van der Waals surface area contributed by atoms with Crippen molar-refractivity contribution < 1.29 is 18.7 Å². The average Bonchev–Trinajstić information content (AvgIpc) is 2.81. The van der Waals surface area contributed by atoms with Crippen LogP contribution in [0, 0.1) is 5.82 Å². The standard InChI is InChI=1S/C24H18FN3O3/c1-30-21-4-2-3-5-22(21)31-23-14-20(26-15-27-23)16-6-8-17(9-7-16)24(29)28-19-12-10-18(25)11-13-19/h2-15H,1H3,(H,28,29). The summed E-state index contributed by atoms with van der Waals surface area (Å²) in [4.78, 5) is 20.8. The Labute approximate surface area is 178 Å². The van der Waals surface area contributed by atoms with Crippen LogP contribution in [0.25, 0.3) is 11.3 Å². The maximum Gasteiger partial charge on any atom is 0.255 e. The topological polar surface area (TPSA) is 73.3 Å². The van der Waals surface area contributed by atoms with Crippen molar-refractivity contribution in [2.75, 3.05) is 12.4 Å². The van der Waals surface area contributed by atoms with E-state index < -0.39 is 0 Å². The fourth-order valence-electron chi connectivity index (χ4n) is 2.90. The highest BCUT2D eigenvalue weighted by atomic mass is 19.1. The van der Waals surface area contributed by atoms with Crippen LogP contribution in [0.4, 0.5) is 10.1 Å². The monoisotopic (exact) mass is 415 g/mol. The predicted molar refractivity (Wildman–Crippen MR) is 115 cm³/mol. The van der Waals surface area contributed by atoms with Gasteiger partial charge >= 0.3 is 0 Å². The van der Waals surface area contributed by atoms with Gasteiger partial charge in [0.25, 0.3) is 5.91 Å². The Morgan fingerprint density at radius 1 is 0.903 bits per heavy atom. The largest absolute Gasteiger partial charge is 0.493 e. The normalized spacial score (nSPS) is 10.4. The van der Waals surface area contributed by atoms with Crippen LogP contribution in [0.1, 0.15) is 10.4 Å². The quantitative estimate of drug-likeness (QED) is 0.460. The van der Waals surface area contributed by atoms with Crippen molar-refractivity contribution in [1.82, 2.24) is 9.97 Å². The third-order valence-electron chi connectivity index (χ3n) is 4.47. The van der Waals surface area contributed by atoms with Crippen LogP contribution in [0.2, 0.25) is 0 Å². The third-order valence-corrected chi connectivity index (χ3v) is 4.47. The van der Waals surface area contributed by atoms with Crippen LogP contribution in [-0.2, 0) is 0 Å². The second-order valence-corrected chi connectivity index (χ2v) is 6.53. The second-order valence-electron chi connectivity index (χ2n) is 6.53. The van der Waals surface area contributed by atoms with E-state index in [0.717, 1.165) is 5.56 Å². The molecule has 3 aromatic carbocycles. The van der Waals surface area contributed by atoms with Crippen LogP contribution in [-0.4, -0.2) is 23.0 Å². The zero-order valence-electron chi connectivity index (χ0n) is 16.6. The Hall–Kier alpha value is -4.26. The number of carbonyl (C=O) groups excluding carboxylic acids is 1. The number of amides is 1. The number of aromatic nitrogens is 2. The minimum atomic E-state index is -0.360. The Kier molecular flexibility index (Phi) is 5.84. The van der Waals surface area contributed by atoms with E-state index in [1.165, 1.54) is 30.6 Å². The third kappa shape index (κ3) is 4.84. The lowest BCUT2D eigenvalue weighted by atomic mass is 10.1. The van der Waals surface area contributed by atoms with Gasteiger partial charge in [-0.3, -0.25) is 4.79 Å². The summed E-state index contributed by atoms with van der Waals surface area (Å²) in [6.07, 6.45) is 1.41. The SMILES string of the molecule is COc1ccccc1Oc1cc(-c2ccc(C(=O)Nc3ccc(F)cc3)cc2)ncn1. The molecule has 0 spiro atoms. The van der Waals surface area contributed by atoms with Crippen molar-refractivity contribution in [3.63, 3.8) is 0 Å². The Morgan fingerprint density at radius 2 is 1.61 bits per heavy atom. The minimum Gasteiger partial charge on any atom is -0.493 e. The molecule has 154 valence electrons. The Balaban J connectivity index is 1.49. The van der Waals surface area contributed by atoms with Crippen LogP contribution >= 0.6 is 0 Å². The molecule has 0 aliphatic heterocycles. The van der Waals surface area contributed by atoms with Gasteiger partial charge in [0.05, 0.1) is 12.8 Å². The number of methoxy groups -OCH3 is 1. The number of halogens is 1. The first-order valence-electron chi connectivity index (χ1n) is 9.42. The van der Waals surface area contributed by atoms with Crippen LogP contribution in [0.15, 0.2) is 85.2 Å². The van der Waals surface area contributed by atoms with Gasteiger partial charge in [0.15, 0.2) is 11.5 Å². The zero-order valence-corrected chi connectivity index (χ0v) is 16.6. The maximum atomic E-state index is 13.0. The molecule has 0 atom stereocenters. The van der Waals surface area contributed by atoms with Crippen LogP contribution in [0.5, 0.6) is 17.4 Å². The highest BCUT2D eigenvalue weighted by Crippen LogP contribution is 2.31. The van der Waals surface area contributed by atoms with E-state index in [-0.39, 0.29) is 11.7 Å². The summed E-state index contributed by atoms with van der Waals surface area (Å²) in [7, 11) is 1.57. The molecular weight excluding hydrogens is 397 g/mol. The number of rotatable bonds is 6. The van der Waals surface area contributed by atoms with Gasteiger partial charge in [-0.2, -0.15) is 0 Å². The molecule has 0 bridgehead atoms. The molecule has 1 aromatic heterocycles. The highest BCUT2D eigenvalue weighted by Gasteiger charge is 2.10. The first kappa shape index (κ1) is 20.0. The smallest absolute Gasteiger partial charge is 0.255 e. The molecule has 0 radical (unpaired) electrons. The van der Waals surface area contributed by atoms with E-state index in [0.29, 0.717) is 34.3 Å². The van der Waals surface area contributed by atoms with E-state index in [9.17, 15) is 9.18 Å². The van der Waals surface area contributed by atoms with Crippen molar-refractivity contribution in [3.05, 3.63) is 96.6 Å². The van der Waals surface area contributed by atoms with Crippen molar-refractivity contribution >= 4 is 11.6 Å². The number of nitrogens with one attached hydrogen (secondary N) is 1. The lowest BCUT2D eigenvalue weighted by Crippen LogP contribution is -2.11. The van der Waals surface area contributed by atoms with Crippen LogP contribution in [0.3, 0.4) is 0 Å². The Morgan fingerprint density at radius 3 is 2.32 bits per heavy atom. The molecule has 0 saturated carbocycles. The molecule has 1 heterocycles. The molecule has 1 N–H and O–H groups in total.